The van der Waals surface area contributed by atoms with Crippen LogP contribution in [-0.4, -0.2) is 35.5 Å². The summed E-state index contributed by atoms with van der Waals surface area (Å²) >= 11 is 0. The highest BCUT2D eigenvalue weighted by molar-refractivity contribution is 5.87. The lowest BCUT2D eigenvalue weighted by Crippen LogP contribution is -2.33. The van der Waals surface area contributed by atoms with Crippen molar-refractivity contribution in [2.45, 2.75) is 57.5 Å². The number of ether oxygens (including phenoxy) is 1. The lowest BCUT2D eigenvalue weighted by molar-refractivity contribution is -0.255. The van der Waals surface area contributed by atoms with Crippen molar-refractivity contribution < 1.29 is 24.9 Å². The molecular formula is C30H33O5-. The summed E-state index contributed by atoms with van der Waals surface area (Å²) in [4.78, 5) is 11.1. The highest BCUT2D eigenvalue weighted by Gasteiger charge is 2.37. The van der Waals surface area contributed by atoms with Gasteiger partial charge in [0, 0.05) is 5.56 Å². The molecule has 5 nitrogen and oxygen atoms in total. The maximum atomic E-state index is 11.1. The quantitative estimate of drug-likeness (QED) is 0.529. The fourth-order valence-corrected chi connectivity index (χ4v) is 4.85. The summed E-state index contributed by atoms with van der Waals surface area (Å²) in [5, 5.41) is 30.2. The van der Waals surface area contributed by atoms with Gasteiger partial charge in [-0.05, 0) is 69.2 Å². The minimum atomic E-state index is -1.21. The molecule has 184 valence electrons. The molecule has 0 aliphatic heterocycles. The van der Waals surface area contributed by atoms with E-state index in [4.69, 9.17) is 4.74 Å². The highest BCUT2D eigenvalue weighted by Crippen LogP contribution is 2.47. The van der Waals surface area contributed by atoms with Gasteiger partial charge in [0.25, 0.3) is 0 Å². The van der Waals surface area contributed by atoms with Crippen LogP contribution in [-0.2, 0) is 10.8 Å². The maximum absolute atomic E-state index is 11.1. The third-order valence-electron chi connectivity index (χ3n) is 7.24. The second kappa shape index (κ2) is 9.48. The molecule has 0 heterocycles. The Morgan fingerprint density at radius 1 is 0.886 bits per heavy atom. The Labute approximate surface area is 207 Å². The zero-order valence-electron chi connectivity index (χ0n) is 20.8. The minimum absolute atomic E-state index is 0.0212. The number of rotatable bonds is 7. The molecule has 1 aliphatic carbocycles. The number of carbonyl (C=O) groups is 1. The molecule has 2 N–H and O–H groups in total. The molecule has 0 saturated carbocycles. The Kier molecular flexibility index (Phi) is 6.76. The Morgan fingerprint density at radius 2 is 1.49 bits per heavy atom. The molecule has 1 atom stereocenters. The van der Waals surface area contributed by atoms with Crippen molar-refractivity contribution in [1.29, 1.82) is 0 Å². The van der Waals surface area contributed by atoms with Crippen molar-refractivity contribution >= 4 is 5.97 Å². The van der Waals surface area contributed by atoms with E-state index >= 15 is 0 Å². The number of hydrogen-bond donors (Lipinski definition) is 2. The van der Waals surface area contributed by atoms with Crippen LogP contribution in [0, 0.1) is 0 Å². The second-order valence-electron chi connectivity index (χ2n) is 10.8. The Morgan fingerprint density at radius 3 is 2.11 bits per heavy atom. The number of carboxylic acids is 1. The van der Waals surface area contributed by atoms with Crippen molar-refractivity contribution in [3.63, 3.8) is 0 Å². The van der Waals surface area contributed by atoms with Gasteiger partial charge in [-0.1, -0.05) is 76.2 Å². The lowest BCUT2D eigenvalue weighted by atomic mass is 9.63. The minimum Gasteiger partial charge on any atom is -0.545 e. The van der Waals surface area contributed by atoms with Crippen molar-refractivity contribution in [2.24, 2.45) is 0 Å². The molecule has 35 heavy (non-hydrogen) atoms. The fourth-order valence-electron chi connectivity index (χ4n) is 4.85. The molecular weight excluding hydrogens is 440 g/mol. The number of carbonyl (C=O) groups excluding carboxylic acids is 1. The van der Waals surface area contributed by atoms with Gasteiger partial charge >= 0.3 is 0 Å². The van der Waals surface area contributed by atoms with Crippen LogP contribution in [0.5, 0.6) is 5.75 Å². The molecule has 3 aromatic carbocycles. The molecule has 0 aromatic heterocycles. The van der Waals surface area contributed by atoms with E-state index in [9.17, 15) is 20.1 Å². The van der Waals surface area contributed by atoms with Crippen molar-refractivity contribution in [2.75, 3.05) is 13.2 Å². The monoisotopic (exact) mass is 473 g/mol. The summed E-state index contributed by atoms with van der Waals surface area (Å²) in [5.74, 6) is -0.594. The Hall–Kier alpha value is -3.15. The fraction of sp³-hybridized carbons (Fsp3) is 0.367. The van der Waals surface area contributed by atoms with Gasteiger partial charge in [-0.15, -0.1) is 0 Å². The average Bonchev–Trinajstić information content (AvgIpc) is 2.85. The summed E-state index contributed by atoms with van der Waals surface area (Å²) in [5.41, 5.74) is 6.65. The maximum Gasteiger partial charge on any atom is 0.127 e. The number of aliphatic hydroxyl groups is 2. The van der Waals surface area contributed by atoms with E-state index in [1.165, 1.54) is 23.3 Å². The highest BCUT2D eigenvalue weighted by atomic mass is 16.5. The van der Waals surface area contributed by atoms with Gasteiger partial charge in [-0.25, -0.2) is 0 Å². The first-order chi connectivity index (χ1) is 16.5. The van der Waals surface area contributed by atoms with Gasteiger partial charge in [0.2, 0.25) is 0 Å². The summed E-state index contributed by atoms with van der Waals surface area (Å²) in [6, 6.07) is 19.0. The molecule has 4 rings (SSSR count). The largest absolute Gasteiger partial charge is 0.545 e. The Bertz CT molecular complexity index is 1220. The first kappa shape index (κ1) is 25.0. The molecule has 1 aliphatic rings. The molecule has 3 aromatic rings. The molecule has 0 saturated heterocycles. The zero-order valence-corrected chi connectivity index (χ0v) is 20.8. The summed E-state index contributed by atoms with van der Waals surface area (Å²) in [7, 11) is 0. The van der Waals surface area contributed by atoms with E-state index < -0.39 is 12.1 Å². The average molecular weight is 474 g/mol. The van der Waals surface area contributed by atoms with Crippen LogP contribution in [0.4, 0.5) is 0 Å². The third kappa shape index (κ3) is 5.12. The second-order valence-corrected chi connectivity index (χ2v) is 10.8. The van der Waals surface area contributed by atoms with E-state index in [2.05, 4.69) is 45.9 Å². The summed E-state index contributed by atoms with van der Waals surface area (Å²) < 4.78 is 5.93. The van der Waals surface area contributed by atoms with Crippen LogP contribution in [0.3, 0.4) is 0 Å². The number of hydrogen-bond acceptors (Lipinski definition) is 5. The van der Waals surface area contributed by atoms with Gasteiger partial charge in [0.05, 0.1) is 12.6 Å². The standard InChI is InChI=1S/C30H34O5/c1-29(2)13-14-30(3,4)26-16-22(9-11-25(26)29)24-15-21(10-12-27(24)35-18-23(32)17-31)19-5-7-20(8-6-19)28(33)34/h5-12,15-16,23,31-32H,13-14,17-18H2,1-4H3,(H,33,34)/p-1. The summed E-state index contributed by atoms with van der Waals surface area (Å²) in [6.45, 7) is 8.77. The van der Waals surface area contributed by atoms with Crippen LogP contribution in [0.2, 0.25) is 0 Å². The number of carboxylic acid groups (broad SMARTS) is 1. The zero-order chi connectivity index (χ0) is 25.4. The van der Waals surface area contributed by atoms with Gasteiger partial charge in [0.15, 0.2) is 0 Å². The van der Waals surface area contributed by atoms with Crippen molar-refractivity contribution in [3.05, 3.63) is 77.4 Å². The molecule has 1 unspecified atom stereocenters. The van der Waals surface area contributed by atoms with E-state index in [0.29, 0.717) is 5.75 Å². The normalized spacial score (nSPS) is 16.9. The predicted octanol–water partition coefficient (Wildman–Crippen LogP) is 4.47. The van der Waals surface area contributed by atoms with Crippen LogP contribution in [0.25, 0.3) is 22.3 Å². The number of fused-ring (bicyclic) bond motifs is 1. The first-order valence-electron chi connectivity index (χ1n) is 12.0. The van der Waals surface area contributed by atoms with Gasteiger partial charge in [-0.3, -0.25) is 0 Å². The molecule has 0 bridgehead atoms. The van der Waals surface area contributed by atoms with Crippen LogP contribution < -0.4 is 9.84 Å². The number of aliphatic hydroxyl groups excluding tert-OH is 2. The SMILES string of the molecule is CC1(C)CCC(C)(C)c2cc(-c3cc(-c4ccc(C(=O)[O-])cc4)ccc3OCC(O)CO)ccc21. The lowest BCUT2D eigenvalue weighted by Gasteiger charge is -2.42. The van der Waals surface area contributed by atoms with Crippen molar-refractivity contribution in [1.82, 2.24) is 0 Å². The van der Waals surface area contributed by atoms with Gasteiger partial charge < -0.3 is 24.9 Å². The molecule has 5 heteroatoms. The molecule has 0 fully saturated rings. The topological polar surface area (TPSA) is 89.8 Å². The van der Waals surface area contributed by atoms with E-state index in [1.807, 2.05) is 18.2 Å². The Balaban J connectivity index is 1.82. The van der Waals surface area contributed by atoms with Crippen LogP contribution in [0.1, 0.15) is 62.0 Å². The summed E-state index contributed by atoms with van der Waals surface area (Å²) in [6.07, 6.45) is 1.27. The van der Waals surface area contributed by atoms with Crippen LogP contribution >= 0.6 is 0 Å². The molecule has 0 spiro atoms. The van der Waals surface area contributed by atoms with E-state index in [1.54, 1.807) is 12.1 Å². The predicted molar refractivity (Wildman–Crippen MR) is 136 cm³/mol. The molecule has 0 amide bonds. The van der Waals surface area contributed by atoms with Crippen LogP contribution in [0.15, 0.2) is 60.7 Å². The van der Waals surface area contributed by atoms with Gasteiger partial charge in [0.1, 0.15) is 18.5 Å². The van der Waals surface area contributed by atoms with E-state index in [-0.39, 0.29) is 29.6 Å². The smallest absolute Gasteiger partial charge is 0.127 e. The number of aromatic carboxylic acids is 1. The van der Waals surface area contributed by atoms with E-state index in [0.717, 1.165) is 35.1 Å². The third-order valence-corrected chi connectivity index (χ3v) is 7.24. The van der Waals surface area contributed by atoms with Gasteiger partial charge in [-0.2, -0.15) is 0 Å². The number of benzene rings is 3. The molecule has 0 radical (unpaired) electrons. The first-order valence-corrected chi connectivity index (χ1v) is 12.0. The van der Waals surface area contributed by atoms with Crippen molar-refractivity contribution in [3.8, 4) is 28.0 Å².